The van der Waals surface area contributed by atoms with E-state index in [1.807, 2.05) is 0 Å². The molecule has 1 N–H and O–H groups in total. The van der Waals surface area contributed by atoms with E-state index in [-0.39, 0.29) is 22.7 Å². The number of sulfonamides is 1. The summed E-state index contributed by atoms with van der Waals surface area (Å²) in [6.45, 7) is 2.90. The molecule has 0 radical (unpaired) electrons. The number of carbonyl (C=O) groups is 2. The third-order valence-electron chi connectivity index (χ3n) is 5.09. The Morgan fingerprint density at radius 1 is 1.13 bits per heavy atom. The molecule has 1 saturated heterocycles. The third kappa shape index (κ3) is 5.35. The SMILES string of the molecule is CCOC(=O)C1CCCN(C(=O)c2ccc(S(=O)(=O)Nc3ccccc3OC)cc2)C1. The minimum absolute atomic E-state index is 0.0259. The van der Waals surface area contributed by atoms with Crippen molar-refractivity contribution in [3.8, 4) is 5.75 Å². The molecular formula is C22H26N2O6S. The van der Waals surface area contributed by atoms with E-state index in [9.17, 15) is 18.0 Å². The van der Waals surface area contributed by atoms with Crippen LogP contribution >= 0.6 is 0 Å². The highest BCUT2D eigenvalue weighted by Crippen LogP contribution is 2.26. The second kappa shape index (κ2) is 9.82. The molecular weight excluding hydrogens is 420 g/mol. The molecule has 1 fully saturated rings. The molecule has 2 aromatic rings. The van der Waals surface area contributed by atoms with E-state index in [4.69, 9.17) is 9.47 Å². The van der Waals surface area contributed by atoms with Gasteiger partial charge < -0.3 is 14.4 Å². The van der Waals surface area contributed by atoms with Crippen LogP contribution in [0, 0.1) is 5.92 Å². The van der Waals surface area contributed by atoms with Crippen LogP contribution < -0.4 is 9.46 Å². The quantitative estimate of drug-likeness (QED) is 0.656. The molecule has 2 aromatic carbocycles. The molecule has 0 spiro atoms. The highest BCUT2D eigenvalue weighted by molar-refractivity contribution is 7.92. The van der Waals surface area contributed by atoms with Crippen molar-refractivity contribution in [2.24, 2.45) is 5.92 Å². The number of piperidine rings is 1. The summed E-state index contributed by atoms with van der Waals surface area (Å²) < 4.78 is 38.2. The smallest absolute Gasteiger partial charge is 0.310 e. The number of carbonyl (C=O) groups excluding carboxylic acids is 2. The summed E-state index contributed by atoms with van der Waals surface area (Å²) in [5.41, 5.74) is 0.684. The molecule has 1 atom stereocenters. The summed E-state index contributed by atoms with van der Waals surface area (Å²) in [6.07, 6.45) is 1.40. The molecule has 1 heterocycles. The molecule has 9 heteroatoms. The minimum Gasteiger partial charge on any atom is -0.495 e. The van der Waals surface area contributed by atoms with Crippen LogP contribution in [0.15, 0.2) is 53.4 Å². The summed E-state index contributed by atoms with van der Waals surface area (Å²) in [7, 11) is -2.40. The van der Waals surface area contributed by atoms with Crippen molar-refractivity contribution >= 4 is 27.6 Å². The van der Waals surface area contributed by atoms with Gasteiger partial charge in [-0.2, -0.15) is 0 Å². The number of likely N-dealkylation sites (tertiary alicyclic amines) is 1. The van der Waals surface area contributed by atoms with Crippen molar-refractivity contribution in [1.29, 1.82) is 0 Å². The summed E-state index contributed by atoms with van der Waals surface area (Å²) >= 11 is 0. The Morgan fingerprint density at radius 2 is 1.84 bits per heavy atom. The van der Waals surface area contributed by atoms with Crippen LogP contribution in [0.2, 0.25) is 0 Å². The fraction of sp³-hybridized carbons (Fsp3) is 0.364. The Kier molecular flexibility index (Phi) is 7.17. The normalized spacial score (nSPS) is 16.5. The number of esters is 1. The van der Waals surface area contributed by atoms with Crippen molar-refractivity contribution < 1.29 is 27.5 Å². The highest BCUT2D eigenvalue weighted by atomic mass is 32.2. The molecule has 8 nitrogen and oxygen atoms in total. The van der Waals surface area contributed by atoms with Gasteiger partial charge in [-0.3, -0.25) is 14.3 Å². The molecule has 1 unspecified atom stereocenters. The van der Waals surface area contributed by atoms with Crippen LogP contribution in [0.3, 0.4) is 0 Å². The van der Waals surface area contributed by atoms with E-state index >= 15 is 0 Å². The topological polar surface area (TPSA) is 102 Å². The summed E-state index contributed by atoms with van der Waals surface area (Å²) in [5.74, 6) is -0.457. The Bertz CT molecular complexity index is 1040. The Balaban J connectivity index is 1.71. The summed E-state index contributed by atoms with van der Waals surface area (Å²) in [5, 5.41) is 0. The zero-order valence-corrected chi connectivity index (χ0v) is 18.4. The number of amides is 1. The van der Waals surface area contributed by atoms with E-state index in [0.29, 0.717) is 49.5 Å². The Labute approximate surface area is 182 Å². The summed E-state index contributed by atoms with van der Waals surface area (Å²) in [4.78, 5) is 26.5. The minimum atomic E-state index is -3.86. The fourth-order valence-electron chi connectivity index (χ4n) is 3.51. The lowest BCUT2D eigenvalue weighted by molar-refractivity contribution is -0.149. The van der Waals surface area contributed by atoms with Gasteiger partial charge in [0.2, 0.25) is 0 Å². The molecule has 3 rings (SSSR count). The maximum absolute atomic E-state index is 12.9. The number of nitrogens with zero attached hydrogens (tertiary/aromatic N) is 1. The number of benzene rings is 2. The zero-order chi connectivity index (χ0) is 22.4. The van der Waals surface area contributed by atoms with Gasteiger partial charge in [-0.15, -0.1) is 0 Å². The number of hydrogen-bond acceptors (Lipinski definition) is 6. The molecule has 31 heavy (non-hydrogen) atoms. The van der Waals surface area contributed by atoms with Crippen molar-refractivity contribution in [1.82, 2.24) is 4.90 Å². The number of para-hydroxylation sites is 2. The Morgan fingerprint density at radius 3 is 2.52 bits per heavy atom. The van der Waals surface area contributed by atoms with Gasteiger partial charge in [0.05, 0.1) is 30.2 Å². The third-order valence-corrected chi connectivity index (χ3v) is 6.47. The predicted molar refractivity (Wildman–Crippen MR) is 116 cm³/mol. The molecule has 0 bridgehead atoms. The zero-order valence-electron chi connectivity index (χ0n) is 17.5. The van der Waals surface area contributed by atoms with Crippen molar-refractivity contribution in [3.63, 3.8) is 0 Å². The summed E-state index contributed by atoms with van der Waals surface area (Å²) in [6, 6.07) is 12.4. The van der Waals surface area contributed by atoms with E-state index in [0.717, 1.165) is 0 Å². The van der Waals surface area contributed by atoms with E-state index in [2.05, 4.69) is 4.72 Å². The van der Waals surface area contributed by atoms with E-state index in [1.165, 1.54) is 31.4 Å². The van der Waals surface area contributed by atoms with Gasteiger partial charge in [0, 0.05) is 18.7 Å². The van der Waals surface area contributed by atoms with Crippen molar-refractivity contribution in [3.05, 3.63) is 54.1 Å². The Hall–Kier alpha value is -3.07. The van der Waals surface area contributed by atoms with Gasteiger partial charge in [-0.25, -0.2) is 8.42 Å². The molecule has 166 valence electrons. The van der Waals surface area contributed by atoms with Crippen LogP contribution in [-0.4, -0.2) is 52.0 Å². The standard InChI is InChI=1S/C22H26N2O6S/c1-3-30-22(26)17-7-6-14-24(15-17)21(25)16-10-12-18(13-11-16)31(27,28)23-19-8-4-5-9-20(19)29-2/h4-5,8-13,17,23H,3,6-7,14-15H2,1-2H3. The van der Waals surface area contributed by atoms with E-state index in [1.54, 1.807) is 36.1 Å². The average Bonchev–Trinajstić information content (AvgIpc) is 2.79. The van der Waals surface area contributed by atoms with Crippen molar-refractivity contribution in [2.45, 2.75) is 24.7 Å². The first-order valence-electron chi connectivity index (χ1n) is 10.1. The highest BCUT2D eigenvalue weighted by Gasteiger charge is 2.30. The number of nitrogens with one attached hydrogen (secondary N) is 1. The van der Waals surface area contributed by atoms with Gasteiger partial charge in [0.15, 0.2) is 0 Å². The number of rotatable bonds is 7. The predicted octanol–water partition coefficient (Wildman–Crippen LogP) is 2.91. The number of methoxy groups -OCH3 is 1. The molecule has 1 aliphatic heterocycles. The van der Waals surface area contributed by atoms with Crippen LogP contribution in [0.25, 0.3) is 0 Å². The van der Waals surface area contributed by atoms with Gasteiger partial charge in [0.1, 0.15) is 5.75 Å². The largest absolute Gasteiger partial charge is 0.495 e. The van der Waals surface area contributed by atoms with Crippen LogP contribution in [0.4, 0.5) is 5.69 Å². The molecule has 0 aliphatic carbocycles. The number of ether oxygens (including phenoxy) is 2. The first-order valence-corrected chi connectivity index (χ1v) is 11.6. The van der Waals surface area contributed by atoms with Gasteiger partial charge in [-0.1, -0.05) is 12.1 Å². The lowest BCUT2D eigenvalue weighted by atomic mass is 9.97. The lowest BCUT2D eigenvalue weighted by Crippen LogP contribution is -2.42. The monoisotopic (exact) mass is 446 g/mol. The number of anilines is 1. The number of hydrogen-bond donors (Lipinski definition) is 1. The molecule has 0 aromatic heterocycles. The molecule has 1 aliphatic rings. The van der Waals surface area contributed by atoms with Crippen LogP contribution in [0.1, 0.15) is 30.1 Å². The second-order valence-electron chi connectivity index (χ2n) is 7.17. The van der Waals surface area contributed by atoms with Crippen LogP contribution in [-0.2, 0) is 19.6 Å². The van der Waals surface area contributed by atoms with Gasteiger partial charge in [-0.05, 0) is 56.2 Å². The van der Waals surface area contributed by atoms with Gasteiger partial charge >= 0.3 is 5.97 Å². The molecule has 1 amide bonds. The lowest BCUT2D eigenvalue weighted by Gasteiger charge is -2.31. The fourth-order valence-corrected chi connectivity index (χ4v) is 4.58. The average molecular weight is 447 g/mol. The first-order chi connectivity index (χ1) is 14.9. The van der Waals surface area contributed by atoms with Crippen molar-refractivity contribution in [2.75, 3.05) is 31.5 Å². The second-order valence-corrected chi connectivity index (χ2v) is 8.85. The molecule has 0 saturated carbocycles. The maximum atomic E-state index is 12.9. The first kappa shape index (κ1) is 22.6. The van der Waals surface area contributed by atoms with Gasteiger partial charge in [0.25, 0.3) is 15.9 Å². The van der Waals surface area contributed by atoms with E-state index < -0.39 is 10.0 Å². The maximum Gasteiger partial charge on any atom is 0.310 e. The van der Waals surface area contributed by atoms with Crippen LogP contribution in [0.5, 0.6) is 5.75 Å².